The van der Waals surface area contributed by atoms with Crippen molar-refractivity contribution in [1.82, 2.24) is 0 Å². The predicted octanol–water partition coefficient (Wildman–Crippen LogP) is 3.56. The normalized spacial score (nSPS) is 14.2. The number of Topliss-reactive ketones (excluding diaryl/α,β-unsaturated/α-hetero) is 1. The SMILES string of the molecule is COCC(=O)C1=C(O)c2ccccc2N(Cc2ccc(C)c(F)c2)C(=O)C1. The van der Waals surface area contributed by atoms with E-state index in [1.807, 2.05) is 0 Å². The van der Waals surface area contributed by atoms with Gasteiger partial charge in [-0.05, 0) is 36.2 Å². The zero-order chi connectivity index (χ0) is 19.6. The molecular formula is C21H20FNO4. The molecule has 1 aliphatic rings. The van der Waals surface area contributed by atoms with Gasteiger partial charge in [-0.1, -0.05) is 24.3 Å². The number of aliphatic hydroxyl groups is 1. The number of benzene rings is 2. The average molecular weight is 369 g/mol. The Bertz CT molecular complexity index is 936. The van der Waals surface area contributed by atoms with E-state index in [4.69, 9.17) is 4.74 Å². The lowest BCUT2D eigenvalue weighted by atomic mass is 10.0. The van der Waals surface area contributed by atoms with Crippen molar-refractivity contribution in [1.29, 1.82) is 0 Å². The smallest absolute Gasteiger partial charge is 0.232 e. The van der Waals surface area contributed by atoms with Crippen LogP contribution >= 0.6 is 0 Å². The van der Waals surface area contributed by atoms with E-state index in [1.165, 1.54) is 18.1 Å². The van der Waals surface area contributed by atoms with E-state index in [9.17, 15) is 19.1 Å². The maximum atomic E-state index is 13.9. The van der Waals surface area contributed by atoms with Gasteiger partial charge in [-0.15, -0.1) is 0 Å². The maximum absolute atomic E-state index is 13.9. The van der Waals surface area contributed by atoms with Crippen LogP contribution in [0.2, 0.25) is 0 Å². The number of ketones is 1. The number of carbonyl (C=O) groups is 2. The number of ether oxygens (including phenoxy) is 1. The van der Waals surface area contributed by atoms with Crippen LogP contribution in [0.1, 0.15) is 23.1 Å². The second-order valence-corrected chi connectivity index (χ2v) is 6.44. The molecule has 0 saturated carbocycles. The number of halogens is 1. The summed E-state index contributed by atoms with van der Waals surface area (Å²) < 4.78 is 18.8. The Morgan fingerprint density at radius 3 is 2.70 bits per heavy atom. The van der Waals surface area contributed by atoms with Crippen LogP contribution in [0.25, 0.3) is 5.76 Å². The number of aryl methyl sites for hydroxylation is 1. The van der Waals surface area contributed by atoms with E-state index in [1.54, 1.807) is 43.3 Å². The molecule has 1 heterocycles. The first-order valence-electron chi connectivity index (χ1n) is 8.51. The summed E-state index contributed by atoms with van der Waals surface area (Å²) in [7, 11) is 1.38. The van der Waals surface area contributed by atoms with E-state index < -0.39 is 5.78 Å². The van der Waals surface area contributed by atoms with Gasteiger partial charge in [-0.3, -0.25) is 9.59 Å². The Kier molecular flexibility index (Phi) is 5.37. The molecule has 0 aliphatic carbocycles. The largest absolute Gasteiger partial charge is 0.507 e. The molecule has 1 N–H and O–H groups in total. The number of para-hydroxylation sites is 1. The van der Waals surface area contributed by atoms with Crippen LogP contribution in [0.5, 0.6) is 0 Å². The topological polar surface area (TPSA) is 66.8 Å². The summed E-state index contributed by atoms with van der Waals surface area (Å²) >= 11 is 0. The molecule has 0 bridgehead atoms. The Hall–Kier alpha value is -2.99. The van der Waals surface area contributed by atoms with Crippen LogP contribution in [0, 0.1) is 12.7 Å². The van der Waals surface area contributed by atoms with Crippen molar-refractivity contribution in [3.63, 3.8) is 0 Å². The van der Waals surface area contributed by atoms with Crippen molar-refractivity contribution in [3.05, 3.63) is 70.5 Å². The zero-order valence-electron chi connectivity index (χ0n) is 15.2. The monoisotopic (exact) mass is 369 g/mol. The number of methoxy groups -OCH3 is 1. The van der Waals surface area contributed by atoms with Crippen LogP contribution in [-0.4, -0.2) is 30.5 Å². The lowest BCUT2D eigenvalue weighted by Gasteiger charge is -2.23. The molecule has 0 unspecified atom stereocenters. The summed E-state index contributed by atoms with van der Waals surface area (Å²) in [5.41, 5.74) is 2.02. The van der Waals surface area contributed by atoms with Gasteiger partial charge in [0.15, 0.2) is 5.78 Å². The summed E-state index contributed by atoms with van der Waals surface area (Å²) in [6, 6.07) is 11.6. The quantitative estimate of drug-likeness (QED) is 0.875. The van der Waals surface area contributed by atoms with E-state index in [0.717, 1.165) is 0 Å². The van der Waals surface area contributed by atoms with Crippen LogP contribution in [0.15, 0.2) is 48.0 Å². The molecule has 0 atom stereocenters. The van der Waals surface area contributed by atoms with E-state index in [0.29, 0.717) is 22.4 Å². The molecule has 140 valence electrons. The van der Waals surface area contributed by atoms with Gasteiger partial charge in [0.05, 0.1) is 18.7 Å². The van der Waals surface area contributed by atoms with Crippen LogP contribution < -0.4 is 4.90 Å². The molecule has 0 fully saturated rings. The molecule has 0 aromatic heterocycles. The lowest BCUT2D eigenvalue weighted by molar-refractivity contribution is -0.122. The molecule has 5 nitrogen and oxygen atoms in total. The summed E-state index contributed by atoms with van der Waals surface area (Å²) in [5, 5.41) is 10.6. The Morgan fingerprint density at radius 2 is 2.00 bits per heavy atom. The fourth-order valence-corrected chi connectivity index (χ4v) is 3.08. The number of anilines is 1. The van der Waals surface area contributed by atoms with E-state index in [2.05, 4.69) is 0 Å². The number of rotatable bonds is 5. The number of nitrogens with zero attached hydrogens (tertiary/aromatic N) is 1. The summed E-state index contributed by atoms with van der Waals surface area (Å²) in [6.07, 6.45) is -0.253. The molecule has 2 aromatic rings. The molecule has 1 amide bonds. The summed E-state index contributed by atoms with van der Waals surface area (Å²) in [6.45, 7) is 1.57. The number of aliphatic hydroxyl groups excluding tert-OH is 1. The van der Waals surface area contributed by atoms with Crippen molar-refractivity contribution in [3.8, 4) is 0 Å². The van der Waals surface area contributed by atoms with Crippen molar-refractivity contribution >= 4 is 23.1 Å². The predicted molar refractivity (Wildman–Crippen MR) is 99.8 cm³/mol. The van der Waals surface area contributed by atoms with Crippen molar-refractivity contribution in [2.24, 2.45) is 0 Å². The van der Waals surface area contributed by atoms with Gasteiger partial charge in [-0.25, -0.2) is 4.39 Å². The number of carbonyl (C=O) groups excluding carboxylic acids is 2. The third kappa shape index (κ3) is 3.75. The Balaban J connectivity index is 2.03. The second kappa shape index (κ2) is 7.72. The number of hydrogen-bond donors (Lipinski definition) is 1. The summed E-state index contributed by atoms with van der Waals surface area (Å²) in [5.74, 6) is -1.37. The highest BCUT2D eigenvalue weighted by Crippen LogP contribution is 2.34. The minimum absolute atomic E-state index is 0.0203. The first-order valence-corrected chi connectivity index (χ1v) is 8.51. The molecule has 0 saturated heterocycles. The van der Waals surface area contributed by atoms with Crippen molar-refractivity contribution < 1.29 is 23.8 Å². The average Bonchev–Trinajstić information content (AvgIpc) is 2.75. The molecule has 27 heavy (non-hydrogen) atoms. The number of hydrogen-bond acceptors (Lipinski definition) is 4. The van der Waals surface area contributed by atoms with Gasteiger partial charge < -0.3 is 14.7 Å². The maximum Gasteiger partial charge on any atom is 0.232 e. The van der Waals surface area contributed by atoms with Gasteiger partial charge >= 0.3 is 0 Å². The fraction of sp³-hybridized carbons (Fsp3) is 0.238. The highest BCUT2D eigenvalue weighted by atomic mass is 19.1. The molecular weight excluding hydrogens is 349 g/mol. The van der Waals surface area contributed by atoms with Gasteiger partial charge in [0.2, 0.25) is 5.91 Å². The molecule has 0 spiro atoms. The van der Waals surface area contributed by atoms with Crippen LogP contribution in [0.3, 0.4) is 0 Å². The zero-order valence-corrected chi connectivity index (χ0v) is 15.2. The molecule has 6 heteroatoms. The minimum atomic E-state index is -0.443. The minimum Gasteiger partial charge on any atom is -0.507 e. The molecule has 3 rings (SSSR count). The van der Waals surface area contributed by atoms with Crippen molar-refractivity contribution in [2.75, 3.05) is 18.6 Å². The molecule has 1 aliphatic heterocycles. The van der Waals surface area contributed by atoms with Gasteiger partial charge in [-0.2, -0.15) is 0 Å². The lowest BCUT2D eigenvalue weighted by Crippen LogP contribution is -2.31. The van der Waals surface area contributed by atoms with Gasteiger partial charge in [0, 0.05) is 18.2 Å². The number of amides is 1. The number of fused-ring (bicyclic) bond motifs is 1. The first kappa shape index (κ1) is 18.8. The van der Waals surface area contributed by atoms with Crippen LogP contribution in [-0.2, 0) is 20.9 Å². The Morgan fingerprint density at radius 1 is 1.26 bits per heavy atom. The Labute approximate surface area is 156 Å². The third-order valence-corrected chi connectivity index (χ3v) is 4.55. The second-order valence-electron chi connectivity index (χ2n) is 6.44. The van der Waals surface area contributed by atoms with E-state index in [-0.39, 0.29) is 42.6 Å². The first-order chi connectivity index (χ1) is 12.9. The van der Waals surface area contributed by atoms with Gasteiger partial charge in [0.1, 0.15) is 18.2 Å². The molecule has 0 radical (unpaired) electrons. The van der Waals surface area contributed by atoms with Gasteiger partial charge in [0.25, 0.3) is 0 Å². The highest BCUT2D eigenvalue weighted by Gasteiger charge is 2.30. The fourth-order valence-electron chi connectivity index (χ4n) is 3.08. The highest BCUT2D eigenvalue weighted by molar-refractivity contribution is 6.11. The standard InChI is InChI=1S/C21H20FNO4/c1-13-7-8-14(9-17(13)22)11-23-18-6-4-3-5-15(18)21(26)16(10-20(23)25)19(24)12-27-2/h3-9,26H,10-12H2,1-2H3. The third-order valence-electron chi connectivity index (χ3n) is 4.55. The summed E-state index contributed by atoms with van der Waals surface area (Å²) in [4.78, 5) is 26.7. The molecule has 2 aromatic carbocycles. The van der Waals surface area contributed by atoms with E-state index >= 15 is 0 Å². The van der Waals surface area contributed by atoms with Crippen molar-refractivity contribution in [2.45, 2.75) is 19.9 Å². The van der Waals surface area contributed by atoms with Crippen LogP contribution in [0.4, 0.5) is 10.1 Å².